The molecule has 1 atom stereocenters. The molecular formula is C13H24N4O. The summed E-state index contributed by atoms with van der Waals surface area (Å²) in [5.74, 6) is 1.49. The fourth-order valence-corrected chi connectivity index (χ4v) is 2.47. The number of likely N-dealkylation sites (tertiary alicyclic amines) is 1. The minimum atomic E-state index is 0.658. The van der Waals surface area contributed by atoms with Gasteiger partial charge in [0.15, 0.2) is 5.82 Å². The zero-order valence-electron chi connectivity index (χ0n) is 11.5. The molecule has 0 aliphatic carbocycles. The molecule has 1 fully saturated rings. The molecule has 0 radical (unpaired) electrons. The Morgan fingerprint density at radius 3 is 3.11 bits per heavy atom. The highest BCUT2D eigenvalue weighted by Crippen LogP contribution is 2.10. The van der Waals surface area contributed by atoms with Crippen LogP contribution in [0.15, 0.2) is 4.52 Å². The van der Waals surface area contributed by atoms with Crippen molar-refractivity contribution in [3.63, 3.8) is 0 Å². The predicted molar refractivity (Wildman–Crippen MR) is 70.5 cm³/mol. The quantitative estimate of drug-likeness (QED) is 0.829. The van der Waals surface area contributed by atoms with E-state index in [-0.39, 0.29) is 0 Å². The Balaban J connectivity index is 1.72. The third kappa shape index (κ3) is 4.07. The molecule has 102 valence electrons. The van der Waals surface area contributed by atoms with Crippen molar-refractivity contribution in [1.82, 2.24) is 20.4 Å². The third-order valence-electron chi connectivity index (χ3n) is 3.41. The molecule has 1 aliphatic heterocycles. The van der Waals surface area contributed by atoms with Gasteiger partial charge in [-0.3, -0.25) is 0 Å². The smallest absolute Gasteiger partial charge is 0.223 e. The van der Waals surface area contributed by atoms with Gasteiger partial charge in [0.25, 0.3) is 0 Å². The van der Waals surface area contributed by atoms with Crippen molar-refractivity contribution in [3.8, 4) is 0 Å². The van der Waals surface area contributed by atoms with Crippen LogP contribution in [0.25, 0.3) is 0 Å². The van der Waals surface area contributed by atoms with Crippen molar-refractivity contribution in [2.24, 2.45) is 0 Å². The number of nitrogens with zero attached hydrogens (tertiary/aromatic N) is 3. The predicted octanol–water partition coefficient (Wildman–Crippen LogP) is 1.38. The summed E-state index contributed by atoms with van der Waals surface area (Å²) in [4.78, 5) is 6.75. The van der Waals surface area contributed by atoms with Crippen molar-refractivity contribution >= 4 is 0 Å². The fourth-order valence-electron chi connectivity index (χ4n) is 2.47. The SMILES string of the molecule is CCCNC1CCCN(CCc2noc(C)n2)C1. The largest absolute Gasteiger partial charge is 0.340 e. The number of piperidine rings is 1. The molecule has 1 N–H and O–H groups in total. The van der Waals surface area contributed by atoms with Gasteiger partial charge in [0, 0.05) is 32.5 Å². The third-order valence-corrected chi connectivity index (χ3v) is 3.41. The summed E-state index contributed by atoms with van der Waals surface area (Å²) in [7, 11) is 0. The zero-order chi connectivity index (χ0) is 12.8. The van der Waals surface area contributed by atoms with Crippen LogP contribution in [0.1, 0.15) is 37.9 Å². The van der Waals surface area contributed by atoms with Crippen molar-refractivity contribution in [3.05, 3.63) is 11.7 Å². The molecule has 1 aromatic heterocycles. The van der Waals surface area contributed by atoms with E-state index in [9.17, 15) is 0 Å². The van der Waals surface area contributed by atoms with Crippen LogP contribution in [0.5, 0.6) is 0 Å². The molecule has 1 unspecified atom stereocenters. The summed E-state index contributed by atoms with van der Waals surface area (Å²) in [6.07, 6.45) is 4.68. The second kappa shape index (κ2) is 6.85. The standard InChI is InChI=1S/C13H24N4O/c1-3-7-14-12-5-4-8-17(10-12)9-6-13-15-11(2)18-16-13/h12,14H,3-10H2,1-2H3. The number of aryl methyl sites for hydroxylation is 1. The first-order chi connectivity index (χ1) is 8.78. The van der Waals surface area contributed by atoms with Crippen LogP contribution >= 0.6 is 0 Å². The lowest BCUT2D eigenvalue weighted by Gasteiger charge is -2.33. The minimum absolute atomic E-state index is 0.658. The van der Waals surface area contributed by atoms with Gasteiger partial charge in [0.1, 0.15) is 0 Å². The second-order valence-electron chi connectivity index (χ2n) is 5.07. The van der Waals surface area contributed by atoms with Crippen LogP contribution in [0.2, 0.25) is 0 Å². The van der Waals surface area contributed by atoms with E-state index < -0.39 is 0 Å². The first-order valence-electron chi connectivity index (χ1n) is 7.03. The summed E-state index contributed by atoms with van der Waals surface area (Å²) < 4.78 is 4.99. The van der Waals surface area contributed by atoms with E-state index >= 15 is 0 Å². The lowest BCUT2D eigenvalue weighted by atomic mass is 10.1. The molecule has 0 bridgehead atoms. The molecule has 2 heterocycles. The van der Waals surface area contributed by atoms with E-state index in [2.05, 4.69) is 27.3 Å². The van der Waals surface area contributed by atoms with Gasteiger partial charge in [0.05, 0.1) is 0 Å². The molecular weight excluding hydrogens is 228 g/mol. The Kier molecular flexibility index (Phi) is 5.13. The van der Waals surface area contributed by atoms with Gasteiger partial charge in [-0.05, 0) is 32.4 Å². The average Bonchev–Trinajstić information content (AvgIpc) is 2.80. The normalized spacial score (nSPS) is 21.3. The molecule has 5 heteroatoms. The van der Waals surface area contributed by atoms with Crippen molar-refractivity contribution in [2.75, 3.05) is 26.2 Å². The molecule has 0 spiro atoms. The second-order valence-corrected chi connectivity index (χ2v) is 5.07. The summed E-state index contributed by atoms with van der Waals surface area (Å²) >= 11 is 0. The van der Waals surface area contributed by atoms with Crippen molar-refractivity contribution in [2.45, 2.75) is 45.6 Å². The minimum Gasteiger partial charge on any atom is -0.340 e. The van der Waals surface area contributed by atoms with Gasteiger partial charge in [-0.15, -0.1) is 0 Å². The topological polar surface area (TPSA) is 54.2 Å². The average molecular weight is 252 g/mol. The molecule has 0 aromatic carbocycles. The Morgan fingerprint density at radius 1 is 1.50 bits per heavy atom. The lowest BCUT2D eigenvalue weighted by molar-refractivity contribution is 0.191. The highest BCUT2D eigenvalue weighted by molar-refractivity contribution is 4.86. The van der Waals surface area contributed by atoms with Crippen LogP contribution < -0.4 is 5.32 Å². The van der Waals surface area contributed by atoms with Crippen LogP contribution in [0.3, 0.4) is 0 Å². The van der Waals surface area contributed by atoms with Gasteiger partial charge in [0.2, 0.25) is 5.89 Å². The lowest BCUT2D eigenvalue weighted by Crippen LogP contribution is -2.46. The molecule has 1 saturated heterocycles. The summed E-state index contributed by atoms with van der Waals surface area (Å²) in [5, 5.41) is 7.55. The van der Waals surface area contributed by atoms with Gasteiger partial charge < -0.3 is 14.7 Å². The first-order valence-corrected chi connectivity index (χ1v) is 7.03. The van der Waals surface area contributed by atoms with Crippen LogP contribution in [0.4, 0.5) is 0 Å². The van der Waals surface area contributed by atoms with Crippen LogP contribution in [0, 0.1) is 6.92 Å². The Morgan fingerprint density at radius 2 is 2.39 bits per heavy atom. The molecule has 1 aliphatic rings. The van der Waals surface area contributed by atoms with Gasteiger partial charge in [-0.25, -0.2) is 0 Å². The first kappa shape index (κ1) is 13.5. The highest BCUT2D eigenvalue weighted by atomic mass is 16.5. The summed E-state index contributed by atoms with van der Waals surface area (Å²) in [6.45, 7) is 8.55. The van der Waals surface area contributed by atoms with E-state index in [0.717, 1.165) is 31.9 Å². The number of nitrogens with one attached hydrogen (secondary N) is 1. The molecule has 0 amide bonds. The van der Waals surface area contributed by atoms with Gasteiger partial charge in [-0.2, -0.15) is 4.98 Å². The maximum absolute atomic E-state index is 4.99. The van der Waals surface area contributed by atoms with E-state index in [4.69, 9.17) is 4.52 Å². The maximum atomic E-state index is 4.99. The fraction of sp³-hybridized carbons (Fsp3) is 0.846. The molecule has 5 nitrogen and oxygen atoms in total. The molecule has 1 aromatic rings. The highest BCUT2D eigenvalue weighted by Gasteiger charge is 2.19. The van der Waals surface area contributed by atoms with Crippen molar-refractivity contribution in [1.29, 1.82) is 0 Å². The van der Waals surface area contributed by atoms with E-state index in [1.807, 2.05) is 6.92 Å². The van der Waals surface area contributed by atoms with Crippen molar-refractivity contribution < 1.29 is 4.52 Å². The number of hydrogen-bond donors (Lipinski definition) is 1. The Labute approximate surface area is 109 Å². The van der Waals surface area contributed by atoms with Gasteiger partial charge in [-0.1, -0.05) is 12.1 Å². The number of rotatable bonds is 6. The zero-order valence-corrected chi connectivity index (χ0v) is 11.5. The number of aromatic nitrogens is 2. The summed E-state index contributed by atoms with van der Waals surface area (Å²) in [5.41, 5.74) is 0. The summed E-state index contributed by atoms with van der Waals surface area (Å²) in [6, 6.07) is 0.658. The van der Waals surface area contributed by atoms with E-state index in [1.165, 1.54) is 25.8 Å². The Bertz CT molecular complexity index is 353. The molecule has 2 rings (SSSR count). The molecule has 18 heavy (non-hydrogen) atoms. The van der Waals surface area contributed by atoms with Crippen LogP contribution in [-0.2, 0) is 6.42 Å². The van der Waals surface area contributed by atoms with Gasteiger partial charge >= 0.3 is 0 Å². The Hall–Kier alpha value is -0.940. The number of hydrogen-bond acceptors (Lipinski definition) is 5. The van der Waals surface area contributed by atoms with E-state index in [0.29, 0.717) is 11.9 Å². The van der Waals surface area contributed by atoms with Crippen LogP contribution in [-0.4, -0.2) is 47.3 Å². The monoisotopic (exact) mass is 252 g/mol. The van der Waals surface area contributed by atoms with E-state index in [1.54, 1.807) is 0 Å². The maximum Gasteiger partial charge on any atom is 0.223 e. The molecule has 0 saturated carbocycles.